The summed E-state index contributed by atoms with van der Waals surface area (Å²) < 4.78 is 28.6. The number of sulfone groups is 1. The molecule has 1 heterocycles. The Morgan fingerprint density at radius 2 is 2.16 bits per heavy atom. The van der Waals surface area contributed by atoms with E-state index in [9.17, 15) is 8.42 Å². The van der Waals surface area contributed by atoms with E-state index in [-0.39, 0.29) is 17.6 Å². The Morgan fingerprint density at radius 1 is 1.42 bits per heavy atom. The minimum Gasteiger partial charge on any atom is -0.489 e. The van der Waals surface area contributed by atoms with Crippen LogP contribution in [0.5, 0.6) is 5.75 Å². The molecule has 0 aromatic heterocycles. The molecule has 106 valence electrons. The van der Waals surface area contributed by atoms with Crippen molar-refractivity contribution in [1.29, 1.82) is 0 Å². The minimum absolute atomic E-state index is 0.140. The zero-order chi connectivity index (χ0) is 14.0. The summed E-state index contributed by atoms with van der Waals surface area (Å²) in [5, 5.41) is 3.19. The van der Waals surface area contributed by atoms with Crippen molar-refractivity contribution in [3.63, 3.8) is 0 Å². The molecule has 0 spiro atoms. The lowest BCUT2D eigenvalue weighted by molar-refractivity contribution is 0.227. The van der Waals surface area contributed by atoms with Gasteiger partial charge in [0.05, 0.1) is 11.5 Å². The van der Waals surface area contributed by atoms with Gasteiger partial charge in [-0.15, -0.1) is 0 Å². The highest BCUT2D eigenvalue weighted by atomic mass is 32.2. The zero-order valence-corrected chi connectivity index (χ0v) is 12.5. The molecule has 2 rings (SSSR count). The van der Waals surface area contributed by atoms with Gasteiger partial charge in [0.2, 0.25) is 0 Å². The van der Waals surface area contributed by atoms with Gasteiger partial charge < -0.3 is 10.1 Å². The highest BCUT2D eigenvalue weighted by molar-refractivity contribution is 7.91. The number of ether oxygens (including phenoxy) is 1. The van der Waals surface area contributed by atoms with Crippen LogP contribution in [0, 0.1) is 6.92 Å². The summed E-state index contributed by atoms with van der Waals surface area (Å²) in [6.07, 6.45) is 0.396. The van der Waals surface area contributed by atoms with Crippen molar-refractivity contribution in [3.05, 3.63) is 29.3 Å². The van der Waals surface area contributed by atoms with E-state index >= 15 is 0 Å². The van der Waals surface area contributed by atoms with Crippen molar-refractivity contribution in [2.75, 3.05) is 18.6 Å². The fraction of sp³-hybridized carbons (Fsp3) is 0.571. The van der Waals surface area contributed by atoms with E-state index in [4.69, 9.17) is 4.74 Å². The van der Waals surface area contributed by atoms with Crippen LogP contribution in [0.25, 0.3) is 0 Å². The first-order chi connectivity index (χ1) is 8.91. The standard InChI is InChI=1S/C14H21NO3S/c1-10-8-12(11(2)15-3)4-5-14(10)18-13-6-7-19(16,17)9-13/h4-5,8,11,13,15H,6-7,9H2,1-3H3. The van der Waals surface area contributed by atoms with Crippen LogP contribution < -0.4 is 10.1 Å². The predicted octanol–water partition coefficient (Wildman–Crippen LogP) is 1.84. The molecular formula is C14H21NO3S. The quantitative estimate of drug-likeness (QED) is 0.916. The molecule has 19 heavy (non-hydrogen) atoms. The van der Waals surface area contributed by atoms with E-state index in [1.807, 2.05) is 26.1 Å². The van der Waals surface area contributed by atoms with Gasteiger partial charge in [-0.3, -0.25) is 0 Å². The second-order valence-corrected chi connectivity index (χ2v) is 7.41. The molecule has 0 bridgehead atoms. The highest BCUT2D eigenvalue weighted by Gasteiger charge is 2.29. The summed E-state index contributed by atoms with van der Waals surface area (Å²) in [6.45, 7) is 4.09. The number of nitrogens with one attached hydrogen (secondary N) is 1. The van der Waals surface area contributed by atoms with Crippen LogP contribution in [0.2, 0.25) is 0 Å². The lowest BCUT2D eigenvalue weighted by Gasteiger charge is -2.17. The fourth-order valence-corrected chi connectivity index (χ4v) is 3.86. The molecule has 0 aliphatic carbocycles. The predicted molar refractivity (Wildman–Crippen MR) is 76.3 cm³/mol. The molecule has 0 saturated carbocycles. The highest BCUT2D eigenvalue weighted by Crippen LogP contribution is 2.26. The van der Waals surface area contributed by atoms with Crippen LogP contribution in [0.4, 0.5) is 0 Å². The van der Waals surface area contributed by atoms with Crippen molar-refractivity contribution < 1.29 is 13.2 Å². The summed E-state index contributed by atoms with van der Waals surface area (Å²) in [5.41, 5.74) is 2.25. The maximum Gasteiger partial charge on any atom is 0.154 e. The number of aryl methyl sites for hydroxylation is 1. The smallest absolute Gasteiger partial charge is 0.154 e. The minimum atomic E-state index is -2.89. The lowest BCUT2D eigenvalue weighted by atomic mass is 10.1. The van der Waals surface area contributed by atoms with Crippen LogP contribution in [-0.4, -0.2) is 33.1 Å². The van der Waals surface area contributed by atoms with Gasteiger partial charge in [-0.05, 0) is 44.5 Å². The first-order valence-corrected chi connectivity index (χ1v) is 8.38. The maximum atomic E-state index is 11.4. The van der Waals surface area contributed by atoms with Crippen LogP contribution in [-0.2, 0) is 9.84 Å². The average molecular weight is 283 g/mol. The molecule has 0 amide bonds. The average Bonchev–Trinajstić information content (AvgIpc) is 2.70. The fourth-order valence-electron chi connectivity index (χ4n) is 2.27. The summed E-state index contributed by atoms with van der Waals surface area (Å²) in [6, 6.07) is 6.33. The van der Waals surface area contributed by atoms with Crippen LogP contribution in [0.3, 0.4) is 0 Å². The van der Waals surface area contributed by atoms with Crippen LogP contribution in [0.15, 0.2) is 18.2 Å². The summed E-state index contributed by atoms with van der Waals surface area (Å²) in [5.74, 6) is 1.17. The van der Waals surface area contributed by atoms with Crippen LogP contribution >= 0.6 is 0 Å². The second-order valence-electron chi connectivity index (χ2n) is 5.18. The van der Waals surface area contributed by atoms with Gasteiger partial charge in [0.25, 0.3) is 0 Å². The van der Waals surface area contributed by atoms with Crippen molar-refractivity contribution in [1.82, 2.24) is 5.32 Å². The monoisotopic (exact) mass is 283 g/mol. The third kappa shape index (κ3) is 3.48. The third-order valence-corrected chi connectivity index (χ3v) is 5.35. The first kappa shape index (κ1) is 14.3. The van der Waals surface area contributed by atoms with Gasteiger partial charge in [0.1, 0.15) is 11.9 Å². The molecule has 1 aromatic carbocycles. The molecule has 1 aliphatic rings. The van der Waals surface area contributed by atoms with E-state index in [1.165, 1.54) is 5.56 Å². The summed E-state index contributed by atoms with van der Waals surface area (Å²) >= 11 is 0. The largest absolute Gasteiger partial charge is 0.489 e. The molecule has 1 aromatic rings. The van der Waals surface area contributed by atoms with Crippen molar-refractivity contribution in [2.24, 2.45) is 0 Å². The van der Waals surface area contributed by atoms with Crippen molar-refractivity contribution >= 4 is 9.84 Å². The Hall–Kier alpha value is -1.07. The lowest BCUT2D eigenvalue weighted by Crippen LogP contribution is -2.18. The van der Waals surface area contributed by atoms with Gasteiger partial charge >= 0.3 is 0 Å². The molecule has 1 saturated heterocycles. The number of benzene rings is 1. The van der Waals surface area contributed by atoms with Gasteiger partial charge in [-0.25, -0.2) is 8.42 Å². The Bertz CT molecular complexity index is 554. The van der Waals surface area contributed by atoms with E-state index in [0.717, 1.165) is 11.3 Å². The molecule has 4 nitrogen and oxygen atoms in total. The molecular weight excluding hydrogens is 262 g/mol. The van der Waals surface area contributed by atoms with Gasteiger partial charge in [0, 0.05) is 6.04 Å². The first-order valence-electron chi connectivity index (χ1n) is 6.56. The zero-order valence-electron chi connectivity index (χ0n) is 11.6. The molecule has 1 N–H and O–H groups in total. The number of hydrogen-bond acceptors (Lipinski definition) is 4. The van der Waals surface area contributed by atoms with E-state index in [2.05, 4.69) is 18.3 Å². The topological polar surface area (TPSA) is 55.4 Å². The Balaban J connectivity index is 2.10. The van der Waals surface area contributed by atoms with E-state index in [0.29, 0.717) is 12.5 Å². The summed E-state index contributed by atoms with van der Waals surface area (Å²) in [7, 11) is -0.965. The van der Waals surface area contributed by atoms with Crippen molar-refractivity contribution in [2.45, 2.75) is 32.4 Å². The molecule has 1 fully saturated rings. The van der Waals surface area contributed by atoms with Gasteiger partial charge in [0.15, 0.2) is 9.84 Å². The molecule has 2 unspecified atom stereocenters. The number of hydrogen-bond donors (Lipinski definition) is 1. The Kier molecular flexibility index (Phi) is 4.16. The maximum absolute atomic E-state index is 11.4. The third-order valence-electron chi connectivity index (χ3n) is 3.62. The Labute approximate surface area is 115 Å². The molecule has 0 radical (unpaired) electrons. The number of rotatable bonds is 4. The van der Waals surface area contributed by atoms with E-state index in [1.54, 1.807) is 0 Å². The SMILES string of the molecule is CNC(C)c1ccc(OC2CCS(=O)(=O)C2)c(C)c1. The molecule has 2 atom stereocenters. The Morgan fingerprint density at radius 3 is 2.68 bits per heavy atom. The van der Waals surface area contributed by atoms with E-state index < -0.39 is 9.84 Å². The van der Waals surface area contributed by atoms with Gasteiger partial charge in [-0.2, -0.15) is 0 Å². The van der Waals surface area contributed by atoms with Crippen molar-refractivity contribution in [3.8, 4) is 5.75 Å². The second kappa shape index (κ2) is 5.51. The van der Waals surface area contributed by atoms with Gasteiger partial charge in [-0.1, -0.05) is 12.1 Å². The normalized spacial score (nSPS) is 23.2. The molecule has 5 heteroatoms. The van der Waals surface area contributed by atoms with Crippen LogP contribution in [0.1, 0.15) is 30.5 Å². The summed E-state index contributed by atoms with van der Waals surface area (Å²) in [4.78, 5) is 0. The molecule has 1 aliphatic heterocycles.